The molecule has 0 saturated heterocycles. The van der Waals surface area contributed by atoms with Crippen molar-refractivity contribution >= 4 is 0 Å². The molecule has 0 radical (unpaired) electrons. The summed E-state index contributed by atoms with van der Waals surface area (Å²) in [5.41, 5.74) is -0.750. The van der Waals surface area contributed by atoms with E-state index in [0.717, 1.165) is 0 Å². The molecule has 0 aromatic carbocycles. The van der Waals surface area contributed by atoms with E-state index in [9.17, 15) is 10.2 Å². The van der Waals surface area contributed by atoms with E-state index in [1.807, 2.05) is 0 Å². The first kappa shape index (κ1) is 22.9. The summed E-state index contributed by atoms with van der Waals surface area (Å²) in [6, 6.07) is 0. The average Bonchev–Trinajstić information content (AvgIpc) is 1.19. The number of hydrogen-bond donors (Lipinski definition) is 0. The first-order valence-corrected chi connectivity index (χ1v) is 3.09. The van der Waals surface area contributed by atoms with E-state index in [4.69, 9.17) is 0 Å². The number of rotatable bonds is 0. The van der Waals surface area contributed by atoms with Crippen LogP contribution in [0.5, 0.6) is 0 Å². The van der Waals surface area contributed by atoms with Crippen LogP contribution in [0.15, 0.2) is 0 Å². The second-order valence-corrected chi connectivity index (χ2v) is 3.16. The van der Waals surface area contributed by atoms with Crippen molar-refractivity contribution in [3.05, 3.63) is 0 Å². The van der Waals surface area contributed by atoms with Crippen LogP contribution in [0.3, 0.4) is 0 Å². The molecular formula is C7H16O2TiZr+6. The molecule has 0 atom stereocenters. The van der Waals surface area contributed by atoms with Crippen molar-refractivity contribution in [3.8, 4) is 0 Å². The van der Waals surface area contributed by atoms with Crippen LogP contribution in [-0.2, 0) is 47.9 Å². The second-order valence-electron chi connectivity index (χ2n) is 3.16. The van der Waals surface area contributed by atoms with Crippen LogP contribution in [0, 0.1) is 0 Å². The quantitative estimate of drug-likeness (QED) is 0.577. The van der Waals surface area contributed by atoms with Crippen LogP contribution in [-0.4, -0.2) is 11.7 Å². The molecule has 0 aromatic heterocycles. The molecule has 4 heteroatoms. The van der Waals surface area contributed by atoms with Crippen LogP contribution < -0.4 is 10.2 Å². The monoisotopic (exact) mass is 270 g/mol. The molecule has 0 bridgehead atoms. The molecule has 0 aliphatic rings. The SMILES string of the molecule is CC(C)(C)[O-].CC(C)[O-].[Ti+4].[Zr+4]. The van der Waals surface area contributed by atoms with Gasteiger partial charge in [-0.2, -0.15) is 0 Å². The van der Waals surface area contributed by atoms with Crippen molar-refractivity contribution in [3.63, 3.8) is 0 Å². The fourth-order valence-corrected chi connectivity index (χ4v) is 0. The van der Waals surface area contributed by atoms with Crippen molar-refractivity contribution in [2.75, 3.05) is 0 Å². The molecule has 2 nitrogen and oxygen atoms in total. The molecule has 0 N–H and O–H groups in total. The van der Waals surface area contributed by atoms with Crippen molar-refractivity contribution in [2.45, 2.75) is 46.3 Å². The topological polar surface area (TPSA) is 46.1 Å². The van der Waals surface area contributed by atoms with Gasteiger partial charge in [0.15, 0.2) is 0 Å². The molecule has 58 valence electrons. The van der Waals surface area contributed by atoms with Crippen molar-refractivity contribution in [1.82, 2.24) is 0 Å². The molecule has 0 amide bonds. The van der Waals surface area contributed by atoms with Crippen LogP contribution in [0.2, 0.25) is 0 Å². The van der Waals surface area contributed by atoms with E-state index >= 15 is 0 Å². The molecule has 0 heterocycles. The number of hydrogen-bond acceptors (Lipinski definition) is 2. The van der Waals surface area contributed by atoms with Gasteiger partial charge < -0.3 is 10.2 Å². The van der Waals surface area contributed by atoms with E-state index < -0.39 is 11.7 Å². The molecular weight excluding hydrogens is 255 g/mol. The molecule has 0 aliphatic heterocycles. The summed E-state index contributed by atoms with van der Waals surface area (Å²) >= 11 is 0. The van der Waals surface area contributed by atoms with Gasteiger partial charge in [-0.05, 0) is 0 Å². The molecule has 0 saturated carbocycles. The fourth-order valence-electron chi connectivity index (χ4n) is 0. The van der Waals surface area contributed by atoms with E-state index in [0.29, 0.717) is 0 Å². The maximum absolute atomic E-state index is 10.1. The van der Waals surface area contributed by atoms with Crippen molar-refractivity contribution in [2.24, 2.45) is 0 Å². The molecule has 0 aliphatic carbocycles. The summed E-state index contributed by atoms with van der Waals surface area (Å²) in [7, 11) is 0. The maximum atomic E-state index is 10.1. The predicted octanol–water partition coefficient (Wildman–Crippen LogP) is -0.105. The van der Waals surface area contributed by atoms with E-state index in [1.165, 1.54) is 0 Å². The largest absolute Gasteiger partial charge is 4.00 e. The molecule has 0 spiro atoms. The van der Waals surface area contributed by atoms with Crippen molar-refractivity contribution in [1.29, 1.82) is 0 Å². The Labute approximate surface area is 104 Å². The fraction of sp³-hybridized carbons (Fsp3) is 1.00. The van der Waals surface area contributed by atoms with Crippen LogP contribution in [0.1, 0.15) is 34.6 Å². The predicted molar refractivity (Wildman–Crippen MR) is 34.9 cm³/mol. The van der Waals surface area contributed by atoms with Crippen molar-refractivity contribution < 1.29 is 58.1 Å². The molecule has 0 aromatic rings. The van der Waals surface area contributed by atoms with E-state index in [2.05, 4.69) is 0 Å². The maximum Gasteiger partial charge on any atom is 4.00 e. The van der Waals surface area contributed by atoms with Gasteiger partial charge >= 0.3 is 47.9 Å². The normalized spacial score (nSPS) is 8.73. The van der Waals surface area contributed by atoms with Gasteiger partial charge in [0.25, 0.3) is 0 Å². The van der Waals surface area contributed by atoms with Crippen LogP contribution in [0.25, 0.3) is 0 Å². The summed E-state index contributed by atoms with van der Waals surface area (Å²) in [6.45, 7) is 8.12. The molecule has 0 unspecified atom stereocenters. The van der Waals surface area contributed by atoms with Gasteiger partial charge in [-0.15, -0.1) is 11.7 Å². The summed E-state index contributed by atoms with van der Waals surface area (Å²) in [6.07, 6.45) is -0.417. The summed E-state index contributed by atoms with van der Waals surface area (Å²) in [5.74, 6) is 0. The Balaban J connectivity index is -0.0000000383. The van der Waals surface area contributed by atoms with Gasteiger partial charge in [-0.3, -0.25) is 0 Å². The van der Waals surface area contributed by atoms with Gasteiger partial charge in [-0.25, -0.2) is 0 Å². The zero-order valence-corrected chi connectivity index (χ0v) is 11.9. The van der Waals surface area contributed by atoms with Gasteiger partial charge in [-0.1, -0.05) is 34.6 Å². The standard InChI is InChI=1S/C4H9O.C3H7O.Ti.Zr/c1-4(2,3)5;1-3(2)4;;/h1-3H3;3H,1-2H3;;/q2*-1;2*+4. The van der Waals surface area contributed by atoms with Crippen LogP contribution >= 0.6 is 0 Å². The Bertz CT molecular complexity index is 53.2. The first-order valence-electron chi connectivity index (χ1n) is 3.09. The van der Waals surface area contributed by atoms with Gasteiger partial charge in [0, 0.05) is 0 Å². The Hall–Kier alpha value is 1.52. The molecule has 11 heavy (non-hydrogen) atoms. The average molecular weight is 271 g/mol. The molecule has 0 rings (SSSR count). The Morgan fingerprint density at radius 1 is 1.09 bits per heavy atom. The minimum atomic E-state index is -0.750. The van der Waals surface area contributed by atoms with E-state index in [-0.39, 0.29) is 47.9 Å². The van der Waals surface area contributed by atoms with E-state index in [1.54, 1.807) is 34.6 Å². The van der Waals surface area contributed by atoms with Gasteiger partial charge in [0.05, 0.1) is 0 Å². The van der Waals surface area contributed by atoms with Crippen LogP contribution in [0.4, 0.5) is 0 Å². The smallest absolute Gasteiger partial charge is 0.852 e. The first-order chi connectivity index (χ1) is 3.73. The summed E-state index contributed by atoms with van der Waals surface area (Å²) in [4.78, 5) is 0. The third-order valence-electron chi connectivity index (χ3n) is 0. The van der Waals surface area contributed by atoms with Gasteiger partial charge in [0.1, 0.15) is 0 Å². The Morgan fingerprint density at radius 3 is 1.09 bits per heavy atom. The summed E-state index contributed by atoms with van der Waals surface area (Å²) < 4.78 is 0. The minimum Gasteiger partial charge on any atom is -0.852 e. The zero-order valence-electron chi connectivity index (χ0n) is 7.89. The third kappa shape index (κ3) is 453. The Kier molecular flexibility index (Phi) is 24.0. The zero-order chi connectivity index (χ0) is 8.08. The molecule has 0 fully saturated rings. The Morgan fingerprint density at radius 2 is 1.09 bits per heavy atom. The summed E-state index contributed by atoms with van der Waals surface area (Å²) in [5, 5.41) is 19.6. The minimum absolute atomic E-state index is 0. The second kappa shape index (κ2) is 11.5. The third-order valence-corrected chi connectivity index (χ3v) is 0. The van der Waals surface area contributed by atoms with Gasteiger partial charge in [0.2, 0.25) is 0 Å².